The van der Waals surface area contributed by atoms with E-state index in [1.54, 1.807) is 7.11 Å². The average molecular weight is 652 g/mol. The molecular weight excluding hydrogens is 609 g/mol. The Morgan fingerprint density at radius 2 is 1.85 bits per heavy atom. The zero-order chi connectivity index (χ0) is 33.8. The van der Waals surface area contributed by atoms with Crippen LogP contribution in [0.3, 0.4) is 0 Å². The fraction of sp³-hybridized carbons (Fsp3) is 0.459. The summed E-state index contributed by atoms with van der Waals surface area (Å²) in [6.07, 6.45) is 2.20. The van der Waals surface area contributed by atoms with Crippen LogP contribution in [0.2, 0.25) is 0 Å². The summed E-state index contributed by atoms with van der Waals surface area (Å²) in [6.45, 7) is 10.7. The number of pyridine rings is 1. The van der Waals surface area contributed by atoms with Crippen LogP contribution in [0.1, 0.15) is 41.6 Å². The number of anilines is 2. The highest BCUT2D eigenvalue weighted by atomic mass is 19.1. The van der Waals surface area contributed by atoms with E-state index in [-0.39, 0.29) is 25.6 Å². The number of nitrogens with zero attached hydrogens (tertiary/aromatic N) is 7. The molecule has 250 valence electrons. The number of piperidine rings is 1. The first-order chi connectivity index (χ1) is 23.3. The molecule has 0 N–H and O–H groups in total. The zero-order valence-corrected chi connectivity index (χ0v) is 27.8. The molecule has 11 heteroatoms. The number of aromatic nitrogens is 1. The van der Waals surface area contributed by atoms with Crippen molar-refractivity contribution in [2.24, 2.45) is 0 Å². The minimum Gasteiger partial charge on any atom is -0.473 e. The maximum atomic E-state index is 14.0. The molecule has 48 heavy (non-hydrogen) atoms. The molecular formula is C37H42FN7O3. The predicted octanol–water partition coefficient (Wildman–Crippen LogP) is 4.88. The topological polar surface area (TPSA) is 109 Å². The Balaban J connectivity index is 1.37. The van der Waals surface area contributed by atoms with Crippen molar-refractivity contribution < 1.29 is 18.7 Å². The number of rotatable bonds is 9. The van der Waals surface area contributed by atoms with E-state index in [1.807, 2.05) is 0 Å². The van der Waals surface area contributed by atoms with Crippen LogP contribution in [0, 0.1) is 29.6 Å². The van der Waals surface area contributed by atoms with Gasteiger partial charge in [-0.3, -0.25) is 4.79 Å². The van der Waals surface area contributed by atoms with Crippen LogP contribution in [0.15, 0.2) is 48.8 Å². The average Bonchev–Trinajstić information content (AvgIpc) is 3.10. The molecule has 2 fully saturated rings. The van der Waals surface area contributed by atoms with Crippen molar-refractivity contribution in [3.05, 3.63) is 71.2 Å². The summed E-state index contributed by atoms with van der Waals surface area (Å²) >= 11 is 0. The SMILES string of the molecule is C=C(F)C(=O)N1CCN(c2c(C#N)c(OC3CCN(CCOC)CC3)nc3c2CCN(c2cccc4cccc(C)c24)C3)C[C@@H]1CC#N. The van der Waals surface area contributed by atoms with Crippen molar-refractivity contribution in [3.63, 3.8) is 0 Å². The number of amides is 1. The quantitative estimate of drug-likeness (QED) is 0.299. The number of piperazine rings is 1. The van der Waals surface area contributed by atoms with Crippen molar-refractivity contribution in [1.29, 1.82) is 10.5 Å². The lowest BCUT2D eigenvalue weighted by Crippen LogP contribution is -2.55. The first kappa shape index (κ1) is 33.2. The van der Waals surface area contributed by atoms with Crippen molar-refractivity contribution in [3.8, 4) is 18.0 Å². The molecule has 0 spiro atoms. The molecule has 1 amide bonds. The van der Waals surface area contributed by atoms with Gasteiger partial charge in [-0.05, 0) is 43.2 Å². The largest absolute Gasteiger partial charge is 0.473 e. The van der Waals surface area contributed by atoms with E-state index in [0.717, 1.165) is 61.7 Å². The van der Waals surface area contributed by atoms with E-state index in [1.165, 1.54) is 21.2 Å². The van der Waals surface area contributed by atoms with Crippen LogP contribution in [0.4, 0.5) is 15.8 Å². The molecule has 0 radical (unpaired) electrons. The normalized spacial score (nSPS) is 18.7. The van der Waals surface area contributed by atoms with Gasteiger partial charge in [0.05, 0.1) is 43.1 Å². The lowest BCUT2D eigenvalue weighted by Gasteiger charge is -2.43. The second-order valence-electron chi connectivity index (χ2n) is 12.8. The van der Waals surface area contributed by atoms with Gasteiger partial charge in [0, 0.05) is 69.6 Å². The lowest BCUT2D eigenvalue weighted by molar-refractivity contribution is -0.131. The van der Waals surface area contributed by atoms with Crippen LogP contribution in [0.5, 0.6) is 5.88 Å². The van der Waals surface area contributed by atoms with Gasteiger partial charge in [0.1, 0.15) is 17.7 Å². The summed E-state index contributed by atoms with van der Waals surface area (Å²) in [4.78, 5) is 25.9. The van der Waals surface area contributed by atoms with Crippen LogP contribution >= 0.6 is 0 Å². The number of hydrogen-bond donors (Lipinski definition) is 0. The molecule has 4 heterocycles. The van der Waals surface area contributed by atoms with Gasteiger partial charge < -0.3 is 29.1 Å². The molecule has 0 aliphatic carbocycles. The Hall–Kier alpha value is -4.71. The number of hydrogen-bond acceptors (Lipinski definition) is 9. The van der Waals surface area contributed by atoms with E-state index in [4.69, 9.17) is 14.5 Å². The summed E-state index contributed by atoms with van der Waals surface area (Å²) in [5.41, 5.74) is 5.29. The van der Waals surface area contributed by atoms with Gasteiger partial charge in [0.2, 0.25) is 5.88 Å². The molecule has 0 saturated carbocycles. The Morgan fingerprint density at radius 3 is 2.56 bits per heavy atom. The van der Waals surface area contributed by atoms with Crippen molar-refractivity contribution >= 4 is 28.1 Å². The first-order valence-electron chi connectivity index (χ1n) is 16.7. The first-order valence-corrected chi connectivity index (χ1v) is 16.7. The zero-order valence-electron chi connectivity index (χ0n) is 27.8. The minimum absolute atomic E-state index is 0.0316. The summed E-state index contributed by atoms with van der Waals surface area (Å²) in [6, 6.07) is 16.7. The molecule has 3 aliphatic heterocycles. The van der Waals surface area contributed by atoms with Crippen molar-refractivity contribution in [2.45, 2.75) is 51.3 Å². The number of carbonyl (C=O) groups excluding carboxylic acids is 1. The number of nitriles is 2. The highest BCUT2D eigenvalue weighted by molar-refractivity contribution is 5.97. The van der Waals surface area contributed by atoms with Gasteiger partial charge in [-0.25, -0.2) is 9.37 Å². The van der Waals surface area contributed by atoms with Crippen LogP contribution in [-0.4, -0.2) is 92.4 Å². The fourth-order valence-corrected chi connectivity index (χ4v) is 7.44. The van der Waals surface area contributed by atoms with Gasteiger partial charge >= 0.3 is 0 Å². The number of methoxy groups -OCH3 is 1. The van der Waals surface area contributed by atoms with E-state index in [2.05, 4.69) is 76.7 Å². The number of fused-ring (bicyclic) bond motifs is 2. The number of carbonyl (C=O) groups is 1. The van der Waals surface area contributed by atoms with Crippen LogP contribution in [0.25, 0.3) is 10.8 Å². The Bertz CT molecular complexity index is 1770. The maximum Gasteiger partial charge on any atom is 0.282 e. The number of likely N-dealkylation sites (tertiary alicyclic amines) is 1. The van der Waals surface area contributed by atoms with Gasteiger partial charge in [0.25, 0.3) is 5.91 Å². The maximum absolute atomic E-state index is 14.0. The third kappa shape index (κ3) is 6.66. The summed E-state index contributed by atoms with van der Waals surface area (Å²) in [5.74, 6) is -1.52. The Kier molecular flexibility index (Phi) is 10.1. The molecule has 6 rings (SSSR count). The summed E-state index contributed by atoms with van der Waals surface area (Å²) in [7, 11) is 1.71. The monoisotopic (exact) mass is 651 g/mol. The third-order valence-corrected chi connectivity index (χ3v) is 9.88. The number of benzene rings is 2. The van der Waals surface area contributed by atoms with E-state index in [0.29, 0.717) is 37.6 Å². The summed E-state index contributed by atoms with van der Waals surface area (Å²) < 4.78 is 25.8. The highest BCUT2D eigenvalue weighted by Crippen LogP contribution is 2.40. The molecule has 0 unspecified atom stereocenters. The lowest BCUT2D eigenvalue weighted by atomic mass is 9.95. The van der Waals surface area contributed by atoms with E-state index >= 15 is 0 Å². The molecule has 2 saturated heterocycles. The summed E-state index contributed by atoms with van der Waals surface area (Å²) in [5, 5.41) is 22.7. The van der Waals surface area contributed by atoms with Gasteiger partial charge in [-0.15, -0.1) is 0 Å². The van der Waals surface area contributed by atoms with Gasteiger partial charge in [0.15, 0.2) is 5.83 Å². The van der Waals surface area contributed by atoms with Crippen LogP contribution in [-0.2, 0) is 22.5 Å². The molecule has 1 aromatic heterocycles. The van der Waals surface area contributed by atoms with E-state index < -0.39 is 17.8 Å². The second kappa shape index (κ2) is 14.6. The number of aryl methyl sites for hydroxylation is 1. The number of halogens is 1. The van der Waals surface area contributed by atoms with Gasteiger partial charge in [-0.1, -0.05) is 36.9 Å². The predicted molar refractivity (Wildman–Crippen MR) is 183 cm³/mol. The Labute approximate surface area is 281 Å². The fourth-order valence-electron chi connectivity index (χ4n) is 7.44. The van der Waals surface area contributed by atoms with Gasteiger partial charge in [-0.2, -0.15) is 10.5 Å². The highest BCUT2D eigenvalue weighted by Gasteiger charge is 2.36. The standard InChI is InChI=1S/C37H42FN7O3/c1-25-6-4-7-27-8-5-9-33(34(25)27)43-17-13-30-32(24-43)41-36(48-29-11-15-42(16-12-29)20-21-47-3)31(22-40)35(30)44-18-19-45(37(46)26(2)38)28(23-44)10-14-39/h4-9,28-29H,2,10-13,15-21,23-24H2,1,3H3/t28-/m0/s1. The smallest absolute Gasteiger partial charge is 0.282 e. The third-order valence-electron chi connectivity index (χ3n) is 9.88. The van der Waals surface area contributed by atoms with E-state index in [9.17, 15) is 19.7 Å². The molecule has 3 aliphatic rings. The Morgan fingerprint density at radius 1 is 1.08 bits per heavy atom. The minimum atomic E-state index is -1.04. The second-order valence-corrected chi connectivity index (χ2v) is 12.8. The van der Waals surface area contributed by atoms with Crippen molar-refractivity contribution in [2.75, 3.05) is 69.3 Å². The molecule has 0 bridgehead atoms. The molecule has 1 atom stereocenters. The molecule has 2 aromatic carbocycles. The molecule has 3 aromatic rings. The number of ether oxygens (including phenoxy) is 2. The molecule has 10 nitrogen and oxygen atoms in total. The van der Waals surface area contributed by atoms with Crippen molar-refractivity contribution in [1.82, 2.24) is 14.8 Å². The van der Waals surface area contributed by atoms with Crippen LogP contribution < -0.4 is 14.5 Å².